The lowest BCUT2D eigenvalue weighted by Crippen LogP contribution is -2.45. The minimum absolute atomic E-state index is 0.0670. The van der Waals surface area contributed by atoms with Crippen LogP contribution in [0.15, 0.2) is 12.7 Å². The maximum atomic E-state index is 11.9. The summed E-state index contributed by atoms with van der Waals surface area (Å²) in [4.78, 5) is 0. The van der Waals surface area contributed by atoms with E-state index in [-0.39, 0.29) is 11.8 Å². The quantitative estimate of drug-likeness (QED) is 0.735. The molecule has 1 saturated heterocycles. The number of piperidine rings is 1. The van der Waals surface area contributed by atoms with Gasteiger partial charge in [-0.15, -0.1) is 6.58 Å². The van der Waals surface area contributed by atoms with Crippen molar-refractivity contribution in [2.45, 2.75) is 32.2 Å². The van der Waals surface area contributed by atoms with Crippen LogP contribution in [0.2, 0.25) is 0 Å². The van der Waals surface area contributed by atoms with Crippen molar-refractivity contribution >= 4 is 10.0 Å². The van der Waals surface area contributed by atoms with Gasteiger partial charge in [0.1, 0.15) is 0 Å². The number of sulfonamides is 1. The first-order chi connectivity index (χ1) is 7.47. The zero-order chi connectivity index (χ0) is 12.2. The van der Waals surface area contributed by atoms with Gasteiger partial charge in [0, 0.05) is 19.1 Å². The number of allylic oxidation sites excluding steroid dienone is 1. The molecule has 0 bridgehead atoms. The zero-order valence-electron chi connectivity index (χ0n) is 9.93. The Hall–Kier alpha value is -0.390. The van der Waals surface area contributed by atoms with E-state index in [1.165, 1.54) is 0 Å². The summed E-state index contributed by atoms with van der Waals surface area (Å²) in [6.45, 7) is 6.72. The molecule has 94 valence electrons. The number of hydrogen-bond donors (Lipinski definition) is 1. The van der Waals surface area contributed by atoms with Gasteiger partial charge in [0.2, 0.25) is 10.0 Å². The minimum Gasteiger partial charge on any atom is -0.328 e. The van der Waals surface area contributed by atoms with Crippen molar-refractivity contribution in [3.05, 3.63) is 12.7 Å². The molecule has 1 fully saturated rings. The normalized spacial score (nSPS) is 25.2. The van der Waals surface area contributed by atoms with Crippen LogP contribution in [0.3, 0.4) is 0 Å². The Morgan fingerprint density at radius 3 is 2.88 bits per heavy atom. The van der Waals surface area contributed by atoms with Crippen LogP contribution in [0.1, 0.15) is 26.2 Å². The van der Waals surface area contributed by atoms with E-state index in [9.17, 15) is 8.42 Å². The average Bonchev–Trinajstić information content (AvgIpc) is 2.26. The van der Waals surface area contributed by atoms with E-state index in [1.807, 2.05) is 6.92 Å². The Morgan fingerprint density at radius 2 is 2.31 bits per heavy atom. The number of rotatable bonds is 5. The first-order valence-corrected chi connectivity index (χ1v) is 7.42. The molecule has 0 aromatic rings. The van der Waals surface area contributed by atoms with Crippen molar-refractivity contribution in [3.63, 3.8) is 0 Å². The highest BCUT2D eigenvalue weighted by atomic mass is 32.2. The van der Waals surface area contributed by atoms with Gasteiger partial charge in [0.15, 0.2) is 0 Å². The second-order valence-electron chi connectivity index (χ2n) is 4.51. The van der Waals surface area contributed by atoms with Crippen molar-refractivity contribution in [2.24, 2.45) is 11.7 Å². The summed E-state index contributed by atoms with van der Waals surface area (Å²) in [5, 5.41) is 0. The topological polar surface area (TPSA) is 63.4 Å². The molecule has 4 nitrogen and oxygen atoms in total. The molecule has 0 aromatic heterocycles. The van der Waals surface area contributed by atoms with Crippen LogP contribution in [0.4, 0.5) is 0 Å². The lowest BCUT2D eigenvalue weighted by molar-refractivity contribution is 0.243. The van der Waals surface area contributed by atoms with E-state index < -0.39 is 10.0 Å². The Bertz CT molecular complexity index is 325. The maximum Gasteiger partial charge on any atom is 0.214 e. The van der Waals surface area contributed by atoms with Gasteiger partial charge in [0.05, 0.1) is 5.75 Å². The molecule has 1 aliphatic heterocycles. The summed E-state index contributed by atoms with van der Waals surface area (Å²) in [6, 6.07) is 0.0670. The van der Waals surface area contributed by atoms with Gasteiger partial charge >= 0.3 is 0 Å². The minimum atomic E-state index is -3.11. The highest BCUT2D eigenvalue weighted by molar-refractivity contribution is 7.89. The summed E-state index contributed by atoms with van der Waals surface area (Å²) in [7, 11) is -3.11. The van der Waals surface area contributed by atoms with Crippen LogP contribution in [-0.2, 0) is 10.0 Å². The lowest BCUT2D eigenvalue weighted by Gasteiger charge is -2.33. The van der Waals surface area contributed by atoms with Gasteiger partial charge in [0.25, 0.3) is 0 Å². The Labute approximate surface area is 98.6 Å². The van der Waals surface area contributed by atoms with Gasteiger partial charge in [-0.3, -0.25) is 0 Å². The summed E-state index contributed by atoms with van der Waals surface area (Å²) < 4.78 is 25.5. The molecule has 0 aliphatic carbocycles. The third-order valence-electron chi connectivity index (χ3n) is 3.14. The molecule has 0 amide bonds. The third kappa shape index (κ3) is 3.57. The SMILES string of the molecule is C=CCCS(=O)(=O)N1CCC[C@H]([C@@H](C)N)C1. The molecule has 0 aromatic carbocycles. The average molecular weight is 246 g/mol. The van der Waals surface area contributed by atoms with Crippen LogP contribution in [-0.4, -0.2) is 37.6 Å². The van der Waals surface area contributed by atoms with Crippen molar-refractivity contribution in [2.75, 3.05) is 18.8 Å². The third-order valence-corrected chi connectivity index (χ3v) is 5.01. The summed E-state index contributed by atoms with van der Waals surface area (Å²) in [5.41, 5.74) is 5.84. The van der Waals surface area contributed by atoms with Crippen molar-refractivity contribution in [3.8, 4) is 0 Å². The number of hydrogen-bond acceptors (Lipinski definition) is 3. The molecule has 0 saturated carbocycles. The zero-order valence-corrected chi connectivity index (χ0v) is 10.7. The van der Waals surface area contributed by atoms with Crippen LogP contribution >= 0.6 is 0 Å². The highest BCUT2D eigenvalue weighted by Gasteiger charge is 2.29. The largest absolute Gasteiger partial charge is 0.328 e. The van der Waals surface area contributed by atoms with Crippen LogP contribution < -0.4 is 5.73 Å². The Kier molecular flexibility index (Phi) is 4.95. The number of nitrogens with two attached hydrogens (primary N) is 1. The summed E-state index contributed by atoms with van der Waals surface area (Å²) in [6.07, 6.45) is 4.11. The Morgan fingerprint density at radius 1 is 1.62 bits per heavy atom. The number of nitrogens with zero attached hydrogens (tertiary/aromatic N) is 1. The van der Waals surface area contributed by atoms with Crippen LogP contribution in [0.5, 0.6) is 0 Å². The fraction of sp³-hybridized carbons (Fsp3) is 0.818. The first kappa shape index (κ1) is 13.7. The van der Waals surface area contributed by atoms with Gasteiger partial charge in [-0.2, -0.15) is 0 Å². The smallest absolute Gasteiger partial charge is 0.214 e. The molecular formula is C11H22N2O2S. The van der Waals surface area contributed by atoms with E-state index in [2.05, 4.69) is 6.58 Å². The van der Waals surface area contributed by atoms with Gasteiger partial charge < -0.3 is 5.73 Å². The summed E-state index contributed by atoms with van der Waals surface area (Å²) >= 11 is 0. The van der Waals surface area contributed by atoms with Gasteiger partial charge in [-0.05, 0) is 32.1 Å². The van der Waals surface area contributed by atoms with Gasteiger partial charge in [-0.1, -0.05) is 6.08 Å². The predicted octanol–water partition coefficient (Wildman–Crippen LogP) is 0.951. The van der Waals surface area contributed by atoms with Crippen LogP contribution in [0.25, 0.3) is 0 Å². The molecule has 5 heteroatoms. The van der Waals surface area contributed by atoms with Gasteiger partial charge in [-0.25, -0.2) is 12.7 Å². The molecule has 2 atom stereocenters. The van der Waals surface area contributed by atoms with E-state index in [4.69, 9.17) is 5.73 Å². The van der Waals surface area contributed by atoms with E-state index in [1.54, 1.807) is 10.4 Å². The highest BCUT2D eigenvalue weighted by Crippen LogP contribution is 2.21. The monoisotopic (exact) mass is 246 g/mol. The fourth-order valence-corrected chi connectivity index (χ4v) is 3.57. The molecule has 1 rings (SSSR count). The van der Waals surface area contributed by atoms with Crippen molar-refractivity contribution < 1.29 is 8.42 Å². The van der Waals surface area contributed by atoms with E-state index in [0.29, 0.717) is 25.4 Å². The standard InChI is InChI=1S/C11H22N2O2S/c1-3-4-8-16(14,15)13-7-5-6-11(9-13)10(2)12/h3,10-11H,1,4-9,12H2,2H3/t10-,11+/m1/s1. The van der Waals surface area contributed by atoms with E-state index in [0.717, 1.165) is 12.8 Å². The maximum absolute atomic E-state index is 11.9. The molecule has 2 N–H and O–H groups in total. The lowest BCUT2D eigenvalue weighted by atomic mass is 9.93. The van der Waals surface area contributed by atoms with Crippen LogP contribution in [0, 0.1) is 5.92 Å². The predicted molar refractivity (Wildman–Crippen MR) is 66.5 cm³/mol. The van der Waals surface area contributed by atoms with E-state index >= 15 is 0 Å². The molecule has 0 radical (unpaired) electrons. The second kappa shape index (κ2) is 5.80. The molecule has 0 unspecified atom stereocenters. The molecule has 16 heavy (non-hydrogen) atoms. The molecule has 0 spiro atoms. The molecule has 1 heterocycles. The van der Waals surface area contributed by atoms with Crippen molar-refractivity contribution in [1.82, 2.24) is 4.31 Å². The molecular weight excluding hydrogens is 224 g/mol. The fourth-order valence-electron chi connectivity index (χ4n) is 2.02. The first-order valence-electron chi connectivity index (χ1n) is 5.81. The van der Waals surface area contributed by atoms with Crippen molar-refractivity contribution in [1.29, 1.82) is 0 Å². The summed E-state index contributed by atoms with van der Waals surface area (Å²) in [5.74, 6) is 0.467. The second-order valence-corrected chi connectivity index (χ2v) is 6.60. The molecule has 1 aliphatic rings. The Balaban J connectivity index is 2.62.